The van der Waals surface area contributed by atoms with Gasteiger partial charge in [0.25, 0.3) is 0 Å². The summed E-state index contributed by atoms with van der Waals surface area (Å²) < 4.78 is 16.9. The number of allylic oxidation sites excluding steroid dienone is 24. The van der Waals surface area contributed by atoms with Crippen LogP contribution in [0.2, 0.25) is 0 Å². The molecule has 1 unspecified atom stereocenters. The molecule has 0 aromatic heterocycles. The lowest BCUT2D eigenvalue weighted by molar-refractivity contribution is -0.167. The van der Waals surface area contributed by atoms with Crippen LogP contribution >= 0.6 is 0 Å². The Balaban J connectivity index is 4.48. The van der Waals surface area contributed by atoms with Crippen molar-refractivity contribution in [2.75, 3.05) is 13.2 Å². The van der Waals surface area contributed by atoms with Gasteiger partial charge in [0, 0.05) is 19.3 Å². The molecule has 0 heterocycles. The van der Waals surface area contributed by atoms with Crippen LogP contribution in [0.5, 0.6) is 0 Å². The minimum absolute atomic E-state index is 0.102. The van der Waals surface area contributed by atoms with E-state index in [0.717, 1.165) is 128 Å². The van der Waals surface area contributed by atoms with Crippen molar-refractivity contribution in [1.29, 1.82) is 0 Å². The molecule has 0 aliphatic heterocycles. The number of carbonyl (C=O) groups is 3. The molecule has 0 bridgehead atoms. The molecule has 0 radical (unpaired) electrons. The predicted octanol–water partition coefficient (Wildman–Crippen LogP) is 23.1. The molecule has 0 N–H and O–H groups in total. The second-order valence-electron chi connectivity index (χ2n) is 21.6. The zero-order valence-electron chi connectivity index (χ0n) is 52.5. The third-order valence-electron chi connectivity index (χ3n) is 13.8. The molecule has 0 amide bonds. The molecule has 0 saturated carbocycles. The molecule has 0 aromatic carbocycles. The van der Waals surface area contributed by atoms with Crippen molar-refractivity contribution in [3.8, 4) is 0 Å². The van der Waals surface area contributed by atoms with Crippen LogP contribution in [-0.2, 0) is 28.6 Å². The Kier molecular flexibility index (Phi) is 63.9. The zero-order chi connectivity index (χ0) is 58.5. The van der Waals surface area contributed by atoms with Crippen LogP contribution in [0.3, 0.4) is 0 Å². The van der Waals surface area contributed by atoms with Crippen LogP contribution in [0, 0.1) is 0 Å². The fraction of sp³-hybridized carbons (Fsp3) is 0.640. The molecule has 458 valence electrons. The van der Waals surface area contributed by atoms with E-state index in [2.05, 4.69) is 167 Å². The average Bonchev–Trinajstić information content (AvgIpc) is 3.47. The minimum atomic E-state index is -0.809. The summed E-state index contributed by atoms with van der Waals surface area (Å²) in [5.74, 6) is -0.956. The van der Waals surface area contributed by atoms with Gasteiger partial charge in [-0.25, -0.2) is 0 Å². The number of esters is 3. The quantitative estimate of drug-likeness (QED) is 0.0261. The van der Waals surface area contributed by atoms with Crippen molar-refractivity contribution in [3.05, 3.63) is 146 Å². The maximum Gasteiger partial charge on any atom is 0.306 e. The lowest BCUT2D eigenvalue weighted by Gasteiger charge is -2.18. The summed E-state index contributed by atoms with van der Waals surface area (Å²) in [6.45, 7) is 6.38. The van der Waals surface area contributed by atoms with Crippen LogP contribution in [0.4, 0.5) is 0 Å². The van der Waals surface area contributed by atoms with Gasteiger partial charge in [0.15, 0.2) is 6.10 Å². The van der Waals surface area contributed by atoms with Gasteiger partial charge in [-0.2, -0.15) is 0 Å². The third kappa shape index (κ3) is 66.0. The topological polar surface area (TPSA) is 78.9 Å². The highest BCUT2D eigenvalue weighted by molar-refractivity contribution is 5.71. The van der Waals surface area contributed by atoms with E-state index in [1.807, 2.05) is 0 Å². The minimum Gasteiger partial charge on any atom is -0.462 e. The number of hydrogen-bond acceptors (Lipinski definition) is 6. The summed E-state index contributed by atoms with van der Waals surface area (Å²) >= 11 is 0. The number of ether oxygens (including phenoxy) is 3. The molecular weight excluding hydrogens is 997 g/mol. The standard InChI is InChI=1S/C75H122O6/c1-4-7-10-13-16-19-22-25-28-31-33-34-35-36-37-38-39-40-42-44-47-50-53-56-59-62-65-68-74(77)80-71-72(70-79-73(76)67-64-61-58-55-52-49-46-43-30-27-24-21-18-15-12-9-6-3)81-75(78)69-66-63-60-57-54-51-48-45-41-32-29-26-23-20-17-14-11-8-5-2/h7,9-10,12,16,18-19,21,25-30,33-34,36-37,39-40,44,47,53,56,72H,4-6,8,11,13-15,17,20,22-24,31-32,35,38,41-43,45-46,48-52,54-55,57-71H2,1-3H3/b10-7-,12-9-,19-16-,21-18-,28-25-,29-26-,30-27-,34-33-,37-36-,40-39-,47-44-,56-53-. The predicted molar refractivity (Wildman–Crippen MR) is 352 cm³/mol. The molecule has 0 spiro atoms. The zero-order valence-corrected chi connectivity index (χ0v) is 52.5. The number of unbranched alkanes of at least 4 members (excludes halogenated alkanes) is 24. The van der Waals surface area contributed by atoms with Gasteiger partial charge in [0.1, 0.15) is 13.2 Å². The van der Waals surface area contributed by atoms with E-state index in [1.54, 1.807) is 0 Å². The summed E-state index contributed by atoms with van der Waals surface area (Å²) in [4.78, 5) is 38.4. The Morgan fingerprint density at radius 2 is 0.481 bits per heavy atom. The summed E-state index contributed by atoms with van der Waals surface area (Å²) in [5.41, 5.74) is 0. The largest absolute Gasteiger partial charge is 0.462 e. The lowest BCUT2D eigenvalue weighted by Crippen LogP contribution is -2.30. The molecule has 0 saturated heterocycles. The van der Waals surface area contributed by atoms with E-state index in [-0.39, 0.29) is 31.1 Å². The van der Waals surface area contributed by atoms with Gasteiger partial charge in [0.2, 0.25) is 0 Å². The Labute approximate surface area is 499 Å². The van der Waals surface area contributed by atoms with Gasteiger partial charge in [-0.1, -0.05) is 276 Å². The van der Waals surface area contributed by atoms with E-state index in [0.29, 0.717) is 25.7 Å². The first-order chi connectivity index (χ1) is 40.0. The van der Waals surface area contributed by atoms with Gasteiger partial charge in [-0.15, -0.1) is 0 Å². The van der Waals surface area contributed by atoms with E-state index in [1.165, 1.54) is 116 Å². The lowest BCUT2D eigenvalue weighted by atomic mass is 10.1. The maximum absolute atomic E-state index is 12.9. The maximum atomic E-state index is 12.9. The molecule has 6 nitrogen and oxygen atoms in total. The van der Waals surface area contributed by atoms with E-state index >= 15 is 0 Å². The molecule has 0 aliphatic rings. The van der Waals surface area contributed by atoms with Crippen LogP contribution in [0.15, 0.2) is 146 Å². The first kappa shape index (κ1) is 76.3. The fourth-order valence-corrected chi connectivity index (χ4v) is 8.88. The van der Waals surface area contributed by atoms with Crippen molar-refractivity contribution in [3.63, 3.8) is 0 Å². The molecule has 0 rings (SSSR count). The normalized spacial score (nSPS) is 13.1. The van der Waals surface area contributed by atoms with Crippen molar-refractivity contribution < 1.29 is 28.6 Å². The summed E-state index contributed by atoms with van der Waals surface area (Å²) in [7, 11) is 0. The van der Waals surface area contributed by atoms with Crippen LogP contribution in [0.25, 0.3) is 0 Å². The number of rotatable bonds is 59. The van der Waals surface area contributed by atoms with Crippen molar-refractivity contribution in [2.45, 2.75) is 297 Å². The van der Waals surface area contributed by atoms with Crippen LogP contribution in [0.1, 0.15) is 290 Å². The summed E-state index contributed by atoms with van der Waals surface area (Å²) in [6.07, 6.45) is 97.1. The summed E-state index contributed by atoms with van der Waals surface area (Å²) in [5, 5.41) is 0. The monoisotopic (exact) mass is 1120 g/mol. The molecule has 81 heavy (non-hydrogen) atoms. The second-order valence-corrected chi connectivity index (χ2v) is 21.6. The number of carbonyl (C=O) groups excluding carboxylic acids is 3. The van der Waals surface area contributed by atoms with Gasteiger partial charge in [0.05, 0.1) is 0 Å². The Bertz CT molecular complexity index is 1760. The van der Waals surface area contributed by atoms with Crippen molar-refractivity contribution in [1.82, 2.24) is 0 Å². The highest BCUT2D eigenvalue weighted by atomic mass is 16.6. The van der Waals surface area contributed by atoms with Gasteiger partial charge in [-0.05, 0) is 141 Å². The second kappa shape index (κ2) is 67.8. The highest BCUT2D eigenvalue weighted by Crippen LogP contribution is 2.15. The smallest absolute Gasteiger partial charge is 0.306 e. The van der Waals surface area contributed by atoms with Crippen LogP contribution in [-0.4, -0.2) is 37.2 Å². The molecular formula is C75H122O6. The van der Waals surface area contributed by atoms with Gasteiger partial charge in [-0.3, -0.25) is 14.4 Å². The molecule has 0 aromatic rings. The molecule has 1 atom stereocenters. The third-order valence-corrected chi connectivity index (χ3v) is 13.8. The summed E-state index contributed by atoms with van der Waals surface area (Å²) in [6, 6.07) is 0. The molecule has 0 fully saturated rings. The van der Waals surface area contributed by atoms with Gasteiger partial charge < -0.3 is 14.2 Å². The SMILES string of the molecule is CC/C=C\C/C=C\C/C=C\C/C=C\C/C=C\C/C=C\C/C=C\C/C=C\CCCCC(=O)OCC(COC(=O)CCCCCCCCC/C=C\C/C=C\C/C=C\CC)OC(=O)CCCCCCCCCCC/C=C\CCCCCCCC. The van der Waals surface area contributed by atoms with Gasteiger partial charge >= 0.3 is 17.9 Å². The molecule has 6 heteroatoms. The van der Waals surface area contributed by atoms with Crippen molar-refractivity contribution in [2.24, 2.45) is 0 Å². The first-order valence-electron chi connectivity index (χ1n) is 33.3. The average molecular weight is 1120 g/mol. The Morgan fingerprint density at radius 1 is 0.259 bits per heavy atom. The van der Waals surface area contributed by atoms with E-state index in [4.69, 9.17) is 14.2 Å². The van der Waals surface area contributed by atoms with E-state index in [9.17, 15) is 14.4 Å². The number of hydrogen-bond donors (Lipinski definition) is 0. The van der Waals surface area contributed by atoms with E-state index < -0.39 is 6.10 Å². The Hall–Kier alpha value is -4.71. The Morgan fingerprint density at radius 3 is 0.790 bits per heavy atom. The highest BCUT2D eigenvalue weighted by Gasteiger charge is 2.19. The van der Waals surface area contributed by atoms with Crippen LogP contribution < -0.4 is 0 Å². The fourth-order valence-electron chi connectivity index (χ4n) is 8.88. The molecule has 0 aliphatic carbocycles. The first-order valence-corrected chi connectivity index (χ1v) is 33.3. The van der Waals surface area contributed by atoms with Crippen molar-refractivity contribution >= 4 is 17.9 Å².